The summed E-state index contributed by atoms with van der Waals surface area (Å²) >= 11 is 0. The van der Waals surface area contributed by atoms with Crippen LogP contribution in [0.5, 0.6) is 0 Å². The van der Waals surface area contributed by atoms with Gasteiger partial charge < -0.3 is 20.2 Å². The van der Waals surface area contributed by atoms with Crippen LogP contribution in [0.25, 0.3) is 11.0 Å². The van der Waals surface area contributed by atoms with E-state index in [4.69, 9.17) is 15.0 Å². The fourth-order valence-electron chi connectivity index (χ4n) is 4.50. The SMILES string of the molecule is Cn1c(CNc2nc3c4c(n2)N(Cc2ccccc2)CCC4NN3)nc2ccccc21. The summed E-state index contributed by atoms with van der Waals surface area (Å²) in [5.41, 5.74) is 11.2. The Morgan fingerprint density at radius 3 is 2.74 bits per heavy atom. The van der Waals surface area contributed by atoms with Crippen LogP contribution < -0.4 is 21.1 Å². The maximum atomic E-state index is 4.93. The molecule has 6 rings (SSSR count). The van der Waals surface area contributed by atoms with Gasteiger partial charge in [-0.1, -0.05) is 42.5 Å². The van der Waals surface area contributed by atoms with Crippen molar-refractivity contribution in [3.63, 3.8) is 0 Å². The first-order chi connectivity index (χ1) is 15.3. The van der Waals surface area contributed by atoms with Gasteiger partial charge in [0.1, 0.15) is 11.6 Å². The summed E-state index contributed by atoms with van der Waals surface area (Å²) in [4.78, 5) is 16.7. The molecule has 0 amide bonds. The van der Waals surface area contributed by atoms with Gasteiger partial charge in [-0.25, -0.2) is 10.4 Å². The monoisotopic (exact) mass is 412 g/mol. The van der Waals surface area contributed by atoms with Crippen molar-refractivity contribution >= 4 is 28.6 Å². The van der Waals surface area contributed by atoms with E-state index in [9.17, 15) is 0 Å². The van der Waals surface area contributed by atoms with Crippen LogP contribution in [-0.2, 0) is 20.1 Å². The van der Waals surface area contributed by atoms with Gasteiger partial charge in [-0.15, -0.1) is 0 Å². The molecule has 0 saturated heterocycles. The number of nitrogens with zero attached hydrogens (tertiary/aromatic N) is 5. The Labute approximate surface area is 180 Å². The zero-order chi connectivity index (χ0) is 20.8. The molecule has 4 heterocycles. The van der Waals surface area contributed by atoms with Crippen molar-refractivity contribution in [3.8, 4) is 0 Å². The van der Waals surface area contributed by atoms with E-state index in [1.165, 1.54) is 5.56 Å². The molecule has 1 unspecified atom stereocenters. The van der Waals surface area contributed by atoms with Crippen LogP contribution >= 0.6 is 0 Å². The van der Waals surface area contributed by atoms with Gasteiger partial charge in [0.2, 0.25) is 5.95 Å². The molecule has 0 aliphatic carbocycles. The zero-order valence-electron chi connectivity index (χ0n) is 17.3. The molecule has 31 heavy (non-hydrogen) atoms. The van der Waals surface area contributed by atoms with Crippen LogP contribution in [0.4, 0.5) is 17.6 Å². The van der Waals surface area contributed by atoms with Gasteiger partial charge >= 0.3 is 0 Å². The molecule has 2 aliphatic rings. The minimum Gasteiger partial charge on any atom is -0.352 e. The van der Waals surface area contributed by atoms with E-state index in [1.54, 1.807) is 0 Å². The number of aryl methyl sites for hydroxylation is 1. The van der Waals surface area contributed by atoms with Gasteiger partial charge in [-0.2, -0.15) is 9.97 Å². The number of aromatic nitrogens is 4. The first kappa shape index (κ1) is 18.1. The molecule has 3 N–H and O–H groups in total. The highest BCUT2D eigenvalue weighted by Crippen LogP contribution is 2.41. The number of rotatable bonds is 5. The highest BCUT2D eigenvalue weighted by atomic mass is 15.4. The summed E-state index contributed by atoms with van der Waals surface area (Å²) in [6.45, 7) is 2.34. The van der Waals surface area contributed by atoms with Crippen molar-refractivity contribution in [2.45, 2.75) is 25.6 Å². The fourth-order valence-corrected chi connectivity index (χ4v) is 4.50. The molecule has 2 aromatic carbocycles. The van der Waals surface area contributed by atoms with Crippen molar-refractivity contribution in [1.82, 2.24) is 24.9 Å². The largest absolute Gasteiger partial charge is 0.352 e. The van der Waals surface area contributed by atoms with Crippen LogP contribution in [-0.4, -0.2) is 26.1 Å². The van der Waals surface area contributed by atoms with Gasteiger partial charge in [-0.05, 0) is 24.1 Å². The first-order valence-corrected chi connectivity index (χ1v) is 10.6. The van der Waals surface area contributed by atoms with Crippen LogP contribution in [0.15, 0.2) is 54.6 Å². The summed E-state index contributed by atoms with van der Waals surface area (Å²) in [6, 6.07) is 19.0. The lowest BCUT2D eigenvalue weighted by atomic mass is 10.0. The van der Waals surface area contributed by atoms with Crippen LogP contribution in [0.3, 0.4) is 0 Å². The third kappa shape index (κ3) is 3.16. The lowest BCUT2D eigenvalue weighted by Crippen LogP contribution is -2.34. The Morgan fingerprint density at radius 1 is 1.03 bits per heavy atom. The molecule has 0 saturated carbocycles. The Morgan fingerprint density at radius 2 is 1.87 bits per heavy atom. The highest BCUT2D eigenvalue weighted by Gasteiger charge is 2.34. The number of para-hydroxylation sites is 2. The first-order valence-electron chi connectivity index (χ1n) is 10.6. The predicted octanol–water partition coefficient (Wildman–Crippen LogP) is 3.36. The second-order valence-corrected chi connectivity index (χ2v) is 8.08. The molecule has 0 fully saturated rings. The average Bonchev–Trinajstić information content (AvgIpc) is 3.37. The van der Waals surface area contributed by atoms with E-state index in [-0.39, 0.29) is 6.04 Å². The molecule has 1 atom stereocenters. The molecule has 0 spiro atoms. The van der Waals surface area contributed by atoms with Crippen molar-refractivity contribution in [2.24, 2.45) is 7.05 Å². The third-order valence-electron chi connectivity index (χ3n) is 6.13. The smallest absolute Gasteiger partial charge is 0.227 e. The quantitative estimate of drug-likeness (QED) is 0.464. The Hall–Kier alpha value is -3.65. The second-order valence-electron chi connectivity index (χ2n) is 8.08. The van der Waals surface area contributed by atoms with Crippen LogP contribution in [0.2, 0.25) is 0 Å². The van der Waals surface area contributed by atoms with E-state index in [1.807, 2.05) is 25.2 Å². The van der Waals surface area contributed by atoms with E-state index in [0.717, 1.165) is 53.6 Å². The number of nitrogens with one attached hydrogen (secondary N) is 3. The molecule has 8 heteroatoms. The lowest BCUT2D eigenvalue weighted by molar-refractivity contribution is 0.534. The Bertz CT molecular complexity index is 1250. The summed E-state index contributed by atoms with van der Waals surface area (Å²) in [5.74, 6) is 3.41. The zero-order valence-corrected chi connectivity index (χ0v) is 17.3. The number of benzene rings is 2. The number of hydrazine groups is 1. The molecular weight excluding hydrogens is 388 g/mol. The summed E-state index contributed by atoms with van der Waals surface area (Å²) in [5, 5.41) is 3.39. The molecule has 4 aromatic rings. The molecule has 2 aromatic heterocycles. The fraction of sp³-hybridized carbons (Fsp3) is 0.261. The van der Waals surface area contributed by atoms with E-state index < -0.39 is 0 Å². The number of anilines is 3. The van der Waals surface area contributed by atoms with Gasteiger partial charge in [0.15, 0.2) is 5.82 Å². The predicted molar refractivity (Wildman–Crippen MR) is 122 cm³/mol. The average molecular weight is 413 g/mol. The Balaban J connectivity index is 1.30. The van der Waals surface area contributed by atoms with Gasteiger partial charge in [0, 0.05) is 20.1 Å². The standard InChI is InChI=1S/C23H24N8/c1-30-18-10-6-5-9-16(18)25-19(30)13-24-23-26-21-20-17(28-29-21)11-12-31(22(20)27-23)14-15-7-3-2-4-8-15/h2-10,17,28H,11-14H2,1H3,(H2,24,26,27,29). The minimum absolute atomic E-state index is 0.255. The number of imidazole rings is 1. The van der Waals surface area contributed by atoms with Crippen LogP contribution in [0.1, 0.15) is 29.4 Å². The minimum atomic E-state index is 0.255. The molecule has 2 aliphatic heterocycles. The van der Waals surface area contributed by atoms with Gasteiger partial charge in [0.05, 0.1) is 29.2 Å². The topological polar surface area (TPSA) is 82.9 Å². The maximum Gasteiger partial charge on any atom is 0.227 e. The van der Waals surface area contributed by atoms with Gasteiger partial charge in [-0.3, -0.25) is 0 Å². The normalized spacial score (nSPS) is 16.9. The molecule has 8 nitrogen and oxygen atoms in total. The number of hydrogen-bond acceptors (Lipinski definition) is 7. The van der Waals surface area contributed by atoms with Crippen molar-refractivity contribution in [3.05, 3.63) is 71.5 Å². The molecule has 0 radical (unpaired) electrons. The summed E-state index contributed by atoms with van der Waals surface area (Å²) in [7, 11) is 2.04. The van der Waals surface area contributed by atoms with E-state index >= 15 is 0 Å². The van der Waals surface area contributed by atoms with Crippen molar-refractivity contribution < 1.29 is 0 Å². The Kier molecular flexibility index (Phi) is 4.24. The maximum absolute atomic E-state index is 4.93. The number of fused-ring (bicyclic) bond motifs is 1. The van der Waals surface area contributed by atoms with Crippen molar-refractivity contribution in [2.75, 3.05) is 22.2 Å². The number of hydrogen-bond donors (Lipinski definition) is 3. The van der Waals surface area contributed by atoms with E-state index in [0.29, 0.717) is 12.5 Å². The van der Waals surface area contributed by atoms with Crippen molar-refractivity contribution in [1.29, 1.82) is 0 Å². The second kappa shape index (κ2) is 7.24. The summed E-state index contributed by atoms with van der Waals surface area (Å²) < 4.78 is 2.11. The molecule has 0 bridgehead atoms. The van der Waals surface area contributed by atoms with Gasteiger partial charge in [0.25, 0.3) is 0 Å². The third-order valence-corrected chi connectivity index (χ3v) is 6.13. The van der Waals surface area contributed by atoms with Crippen LogP contribution in [0, 0.1) is 0 Å². The lowest BCUT2D eigenvalue weighted by Gasteiger charge is -2.32. The van der Waals surface area contributed by atoms with E-state index in [2.05, 4.69) is 62.0 Å². The highest BCUT2D eigenvalue weighted by molar-refractivity contribution is 5.75. The molecule has 156 valence electrons. The summed E-state index contributed by atoms with van der Waals surface area (Å²) in [6.07, 6.45) is 1.02. The molecular formula is C23H24N8.